The van der Waals surface area contributed by atoms with Crippen LogP contribution in [0.5, 0.6) is 5.75 Å². The van der Waals surface area contributed by atoms with E-state index in [1.807, 2.05) is 36.4 Å². The van der Waals surface area contributed by atoms with Crippen molar-refractivity contribution in [1.82, 2.24) is 0 Å². The van der Waals surface area contributed by atoms with E-state index in [0.29, 0.717) is 42.3 Å². The lowest BCUT2D eigenvalue weighted by Gasteiger charge is -2.14. The van der Waals surface area contributed by atoms with E-state index in [4.69, 9.17) is 51.8 Å². The van der Waals surface area contributed by atoms with Gasteiger partial charge >= 0.3 is 0 Å². The highest BCUT2D eigenvalue weighted by atomic mass is 35.5. The summed E-state index contributed by atoms with van der Waals surface area (Å²) in [5.41, 5.74) is 2.49. The molecule has 0 aliphatic carbocycles. The molecular weight excluding hydrogens is 493 g/mol. The summed E-state index contributed by atoms with van der Waals surface area (Å²) in [5.74, 6) is 0.550. The minimum atomic E-state index is -0.155. The van der Waals surface area contributed by atoms with Gasteiger partial charge in [0.05, 0.1) is 20.6 Å². The van der Waals surface area contributed by atoms with Crippen LogP contribution in [-0.2, 0) is 11.4 Å². The van der Waals surface area contributed by atoms with Gasteiger partial charge in [-0.15, -0.1) is 0 Å². The SMILES string of the molecule is O=C1C(=Cc2ccc(OCc3ccc(Cl)c(Cl)c3)cc2)SC(=S)N1c1ccc(Cl)cc1. The standard InChI is InChI=1S/C23H14Cl3NO2S2/c24-16-4-6-17(7-5-16)27-22(28)21(31-23(27)30)12-14-1-8-18(9-2-14)29-13-15-3-10-19(25)20(26)11-15/h1-12H,13H2. The molecule has 3 nitrogen and oxygen atoms in total. The van der Waals surface area contributed by atoms with E-state index in [9.17, 15) is 4.79 Å². The quantitative estimate of drug-likeness (QED) is 0.263. The Labute approximate surface area is 204 Å². The Morgan fingerprint density at radius 2 is 1.65 bits per heavy atom. The third kappa shape index (κ3) is 5.25. The van der Waals surface area contributed by atoms with Gasteiger partial charge in [0.2, 0.25) is 0 Å². The van der Waals surface area contributed by atoms with Crippen LogP contribution in [0.15, 0.2) is 71.6 Å². The van der Waals surface area contributed by atoms with Crippen molar-refractivity contribution in [2.45, 2.75) is 6.61 Å². The average molecular weight is 507 g/mol. The topological polar surface area (TPSA) is 29.5 Å². The van der Waals surface area contributed by atoms with Gasteiger partial charge in [-0.05, 0) is 65.7 Å². The number of nitrogens with zero attached hydrogens (tertiary/aromatic N) is 1. The molecule has 0 saturated carbocycles. The van der Waals surface area contributed by atoms with E-state index >= 15 is 0 Å². The summed E-state index contributed by atoms with van der Waals surface area (Å²) >= 11 is 24.6. The Bertz CT molecular complexity index is 1180. The number of benzene rings is 3. The van der Waals surface area contributed by atoms with E-state index in [1.54, 1.807) is 36.4 Å². The van der Waals surface area contributed by atoms with Crippen molar-refractivity contribution in [3.8, 4) is 5.75 Å². The number of hydrogen-bond donors (Lipinski definition) is 0. The molecule has 156 valence electrons. The Morgan fingerprint density at radius 1 is 0.935 bits per heavy atom. The van der Waals surface area contributed by atoms with Crippen LogP contribution in [0, 0.1) is 0 Å². The maximum atomic E-state index is 12.9. The summed E-state index contributed by atoms with van der Waals surface area (Å²) in [6, 6.07) is 19.9. The molecule has 4 rings (SSSR count). The second-order valence-electron chi connectivity index (χ2n) is 6.60. The van der Waals surface area contributed by atoms with Crippen LogP contribution in [0.25, 0.3) is 6.08 Å². The molecule has 1 aliphatic rings. The van der Waals surface area contributed by atoms with E-state index < -0.39 is 0 Å². The first-order valence-electron chi connectivity index (χ1n) is 9.11. The Morgan fingerprint density at radius 3 is 2.32 bits per heavy atom. The minimum absolute atomic E-state index is 0.155. The molecule has 1 fully saturated rings. The number of anilines is 1. The van der Waals surface area contributed by atoms with Gasteiger partial charge in [0.1, 0.15) is 12.4 Å². The molecular formula is C23H14Cl3NO2S2. The number of rotatable bonds is 5. The predicted molar refractivity (Wildman–Crippen MR) is 134 cm³/mol. The lowest BCUT2D eigenvalue weighted by atomic mass is 10.2. The van der Waals surface area contributed by atoms with Crippen molar-refractivity contribution in [3.05, 3.63) is 97.8 Å². The van der Waals surface area contributed by atoms with Gasteiger partial charge in [0.15, 0.2) is 4.32 Å². The van der Waals surface area contributed by atoms with Crippen molar-refractivity contribution >= 4 is 80.8 Å². The first-order chi connectivity index (χ1) is 14.9. The zero-order valence-corrected chi connectivity index (χ0v) is 19.8. The zero-order valence-electron chi connectivity index (χ0n) is 15.8. The summed E-state index contributed by atoms with van der Waals surface area (Å²) in [6.45, 7) is 0.371. The molecule has 0 N–H and O–H groups in total. The highest BCUT2D eigenvalue weighted by Crippen LogP contribution is 2.36. The molecule has 0 aromatic heterocycles. The molecule has 0 unspecified atom stereocenters. The molecule has 3 aromatic carbocycles. The lowest BCUT2D eigenvalue weighted by molar-refractivity contribution is -0.113. The highest BCUT2D eigenvalue weighted by molar-refractivity contribution is 8.27. The Hall–Kier alpha value is -2.02. The second-order valence-corrected chi connectivity index (χ2v) is 9.53. The number of hydrogen-bond acceptors (Lipinski definition) is 4. The molecule has 0 atom stereocenters. The summed E-state index contributed by atoms with van der Waals surface area (Å²) < 4.78 is 6.29. The van der Waals surface area contributed by atoms with Crippen LogP contribution in [0.2, 0.25) is 15.1 Å². The van der Waals surface area contributed by atoms with Gasteiger partial charge in [-0.2, -0.15) is 0 Å². The maximum absolute atomic E-state index is 12.9. The molecule has 1 saturated heterocycles. The zero-order chi connectivity index (χ0) is 22.0. The van der Waals surface area contributed by atoms with Crippen LogP contribution in [0.3, 0.4) is 0 Å². The number of ether oxygens (including phenoxy) is 1. The molecule has 3 aromatic rings. The van der Waals surface area contributed by atoms with Crippen LogP contribution in [-0.4, -0.2) is 10.2 Å². The number of halogens is 3. The van der Waals surface area contributed by atoms with Crippen LogP contribution >= 0.6 is 58.8 Å². The average Bonchev–Trinajstić information content (AvgIpc) is 3.03. The van der Waals surface area contributed by atoms with Crippen LogP contribution < -0.4 is 9.64 Å². The maximum Gasteiger partial charge on any atom is 0.270 e. The van der Waals surface area contributed by atoms with Crippen LogP contribution in [0.1, 0.15) is 11.1 Å². The Kier molecular flexibility index (Phi) is 6.89. The van der Waals surface area contributed by atoms with Crippen molar-refractivity contribution in [2.24, 2.45) is 0 Å². The number of carbonyl (C=O) groups is 1. The molecule has 1 amide bonds. The largest absolute Gasteiger partial charge is 0.489 e. The molecule has 0 radical (unpaired) electrons. The minimum Gasteiger partial charge on any atom is -0.489 e. The first-order valence-corrected chi connectivity index (χ1v) is 11.5. The van der Waals surface area contributed by atoms with E-state index in [-0.39, 0.29) is 5.91 Å². The van der Waals surface area contributed by atoms with Crippen molar-refractivity contribution < 1.29 is 9.53 Å². The van der Waals surface area contributed by atoms with Gasteiger partial charge in [-0.25, -0.2) is 0 Å². The predicted octanol–water partition coefficient (Wildman–Crippen LogP) is 7.63. The van der Waals surface area contributed by atoms with E-state index in [1.165, 1.54) is 16.7 Å². The van der Waals surface area contributed by atoms with E-state index in [2.05, 4.69) is 0 Å². The lowest BCUT2D eigenvalue weighted by Crippen LogP contribution is -2.27. The van der Waals surface area contributed by atoms with Crippen molar-refractivity contribution in [2.75, 3.05) is 4.90 Å². The summed E-state index contributed by atoms with van der Waals surface area (Å²) in [5, 5.41) is 1.61. The molecule has 1 aliphatic heterocycles. The van der Waals surface area contributed by atoms with E-state index in [0.717, 1.165) is 11.1 Å². The summed E-state index contributed by atoms with van der Waals surface area (Å²) in [7, 11) is 0. The van der Waals surface area contributed by atoms with Crippen molar-refractivity contribution in [1.29, 1.82) is 0 Å². The molecule has 1 heterocycles. The molecule has 0 spiro atoms. The molecule has 31 heavy (non-hydrogen) atoms. The van der Waals surface area contributed by atoms with Crippen molar-refractivity contribution in [3.63, 3.8) is 0 Å². The Balaban J connectivity index is 1.44. The number of thiocarbonyl (C=S) groups is 1. The monoisotopic (exact) mass is 505 g/mol. The molecule has 8 heteroatoms. The fourth-order valence-electron chi connectivity index (χ4n) is 2.89. The summed E-state index contributed by atoms with van der Waals surface area (Å²) in [6.07, 6.45) is 1.82. The van der Waals surface area contributed by atoms with Gasteiger partial charge < -0.3 is 4.74 Å². The molecule has 0 bridgehead atoms. The number of thioether (sulfide) groups is 1. The normalized spacial score (nSPS) is 15.1. The van der Waals surface area contributed by atoms with Gasteiger partial charge in [-0.1, -0.05) is 77.0 Å². The van der Waals surface area contributed by atoms with Crippen LogP contribution in [0.4, 0.5) is 5.69 Å². The number of carbonyl (C=O) groups excluding carboxylic acids is 1. The van der Waals surface area contributed by atoms with Gasteiger partial charge in [0, 0.05) is 5.02 Å². The van der Waals surface area contributed by atoms with Gasteiger partial charge in [0.25, 0.3) is 5.91 Å². The fourth-order valence-corrected chi connectivity index (χ4v) is 4.63. The summed E-state index contributed by atoms with van der Waals surface area (Å²) in [4.78, 5) is 14.9. The third-order valence-corrected chi connectivity index (χ3v) is 6.74. The smallest absolute Gasteiger partial charge is 0.270 e. The highest BCUT2D eigenvalue weighted by Gasteiger charge is 2.33. The first kappa shape index (κ1) is 22.2. The van der Waals surface area contributed by atoms with Gasteiger partial charge in [-0.3, -0.25) is 9.69 Å². The second kappa shape index (κ2) is 9.63. The third-order valence-electron chi connectivity index (χ3n) is 4.45. The number of amides is 1. The fraction of sp³-hybridized carbons (Fsp3) is 0.0435.